The number of carbonyl (C=O) groups is 1. The Labute approximate surface area is 137 Å². The first-order valence-corrected chi connectivity index (χ1v) is 8.53. The number of hydrogen-bond donors (Lipinski definition) is 1. The van der Waals surface area contributed by atoms with Crippen LogP contribution in [0.25, 0.3) is 11.4 Å². The van der Waals surface area contributed by atoms with Crippen molar-refractivity contribution in [3.63, 3.8) is 0 Å². The third kappa shape index (κ3) is 3.63. The lowest BCUT2D eigenvalue weighted by molar-refractivity contribution is -0.124. The van der Waals surface area contributed by atoms with E-state index in [1.807, 2.05) is 48.0 Å². The number of nitrogens with one attached hydrogen (secondary N) is 1. The Bertz CT molecular complexity index is 650. The maximum atomic E-state index is 12.6. The van der Waals surface area contributed by atoms with Crippen molar-refractivity contribution >= 4 is 5.91 Å². The molecule has 0 aliphatic heterocycles. The van der Waals surface area contributed by atoms with Crippen LogP contribution in [0.5, 0.6) is 0 Å². The van der Waals surface area contributed by atoms with Crippen molar-refractivity contribution in [2.45, 2.75) is 51.6 Å². The number of nitrogens with zero attached hydrogens (tertiary/aromatic N) is 2. The molecule has 3 atom stereocenters. The minimum absolute atomic E-state index is 0.0827. The smallest absolute Gasteiger partial charge is 0.243 e. The molecule has 0 saturated heterocycles. The van der Waals surface area contributed by atoms with Gasteiger partial charge in [0.25, 0.3) is 0 Å². The molecule has 0 radical (unpaired) electrons. The van der Waals surface area contributed by atoms with Gasteiger partial charge in [0.15, 0.2) is 0 Å². The lowest BCUT2D eigenvalue weighted by Gasteiger charge is -2.29. The molecule has 0 bridgehead atoms. The summed E-state index contributed by atoms with van der Waals surface area (Å²) in [5, 5.41) is 3.23. The summed E-state index contributed by atoms with van der Waals surface area (Å²) in [6.45, 7) is 4.21. The fourth-order valence-electron chi connectivity index (χ4n) is 3.45. The highest BCUT2D eigenvalue weighted by Gasteiger charge is 2.24. The third-order valence-corrected chi connectivity index (χ3v) is 4.78. The second-order valence-corrected chi connectivity index (χ2v) is 6.68. The van der Waals surface area contributed by atoms with Crippen molar-refractivity contribution in [2.24, 2.45) is 5.92 Å². The number of rotatable bonds is 4. The largest absolute Gasteiger partial charge is 0.352 e. The van der Waals surface area contributed by atoms with E-state index in [0.717, 1.165) is 24.2 Å². The minimum Gasteiger partial charge on any atom is -0.352 e. The van der Waals surface area contributed by atoms with E-state index in [2.05, 4.69) is 17.2 Å². The van der Waals surface area contributed by atoms with Crippen LogP contribution in [-0.4, -0.2) is 21.5 Å². The molecule has 4 nitrogen and oxygen atoms in total. The zero-order valence-electron chi connectivity index (χ0n) is 13.9. The molecule has 1 heterocycles. The molecule has 1 aliphatic rings. The van der Waals surface area contributed by atoms with Crippen molar-refractivity contribution < 1.29 is 4.79 Å². The normalized spacial score (nSPS) is 22.5. The zero-order valence-corrected chi connectivity index (χ0v) is 13.9. The third-order valence-electron chi connectivity index (χ3n) is 4.78. The number of aromatic nitrogens is 2. The van der Waals surface area contributed by atoms with Crippen molar-refractivity contribution in [1.82, 2.24) is 14.9 Å². The Morgan fingerprint density at radius 3 is 2.83 bits per heavy atom. The Kier molecular flexibility index (Phi) is 4.79. The van der Waals surface area contributed by atoms with E-state index in [1.165, 1.54) is 12.8 Å². The second kappa shape index (κ2) is 6.99. The lowest BCUT2D eigenvalue weighted by Crippen LogP contribution is -2.41. The highest BCUT2D eigenvalue weighted by atomic mass is 16.2. The predicted octanol–water partition coefficient (Wildman–Crippen LogP) is 3.81. The molecule has 1 aromatic heterocycles. The molecule has 1 saturated carbocycles. The molecule has 3 unspecified atom stereocenters. The van der Waals surface area contributed by atoms with Gasteiger partial charge < -0.3 is 9.88 Å². The van der Waals surface area contributed by atoms with Gasteiger partial charge in [-0.3, -0.25) is 4.79 Å². The van der Waals surface area contributed by atoms with Crippen molar-refractivity contribution in [3.05, 3.63) is 42.7 Å². The molecule has 23 heavy (non-hydrogen) atoms. The predicted molar refractivity (Wildman–Crippen MR) is 91.9 cm³/mol. The topological polar surface area (TPSA) is 46.9 Å². The number of carbonyl (C=O) groups excluding carboxylic acids is 1. The molecular weight excluding hydrogens is 286 g/mol. The van der Waals surface area contributed by atoms with Gasteiger partial charge in [-0.2, -0.15) is 0 Å². The van der Waals surface area contributed by atoms with E-state index in [4.69, 9.17) is 0 Å². The Morgan fingerprint density at radius 2 is 2.09 bits per heavy atom. The van der Waals surface area contributed by atoms with Crippen LogP contribution in [0.4, 0.5) is 0 Å². The fourth-order valence-corrected chi connectivity index (χ4v) is 3.45. The van der Waals surface area contributed by atoms with Gasteiger partial charge in [0.05, 0.1) is 0 Å². The Balaban J connectivity index is 1.72. The standard InChI is InChI=1S/C19H25N3O/c1-14-7-6-10-17(13-14)21-19(23)15(2)22-12-11-20-18(22)16-8-4-3-5-9-16/h3-5,8-9,11-12,14-15,17H,6-7,10,13H2,1-2H3,(H,21,23). The molecule has 2 aromatic rings. The summed E-state index contributed by atoms with van der Waals surface area (Å²) >= 11 is 0. The summed E-state index contributed by atoms with van der Waals surface area (Å²) < 4.78 is 1.96. The van der Waals surface area contributed by atoms with Crippen LogP contribution in [0.15, 0.2) is 42.7 Å². The molecule has 1 N–H and O–H groups in total. The van der Waals surface area contributed by atoms with Crippen LogP contribution < -0.4 is 5.32 Å². The molecule has 3 rings (SSSR count). The van der Waals surface area contributed by atoms with Gasteiger partial charge in [0.2, 0.25) is 5.91 Å². The maximum Gasteiger partial charge on any atom is 0.243 e. The summed E-state index contributed by atoms with van der Waals surface area (Å²) in [6.07, 6.45) is 8.32. The molecule has 1 aliphatic carbocycles. The summed E-state index contributed by atoms with van der Waals surface area (Å²) in [4.78, 5) is 17.1. The average Bonchev–Trinajstić information content (AvgIpc) is 3.04. The fraction of sp³-hybridized carbons (Fsp3) is 0.474. The van der Waals surface area contributed by atoms with Gasteiger partial charge >= 0.3 is 0 Å². The quantitative estimate of drug-likeness (QED) is 0.933. The molecular formula is C19H25N3O. The van der Waals surface area contributed by atoms with Crippen LogP contribution in [0, 0.1) is 5.92 Å². The van der Waals surface area contributed by atoms with E-state index in [1.54, 1.807) is 6.20 Å². The molecule has 1 amide bonds. The van der Waals surface area contributed by atoms with Gasteiger partial charge in [-0.05, 0) is 25.7 Å². The Morgan fingerprint density at radius 1 is 1.30 bits per heavy atom. The van der Waals surface area contributed by atoms with Crippen molar-refractivity contribution in [1.29, 1.82) is 0 Å². The molecule has 1 aromatic carbocycles. The average molecular weight is 311 g/mol. The van der Waals surface area contributed by atoms with Gasteiger partial charge in [0, 0.05) is 24.0 Å². The molecule has 122 valence electrons. The minimum atomic E-state index is -0.259. The van der Waals surface area contributed by atoms with E-state index < -0.39 is 0 Å². The van der Waals surface area contributed by atoms with Crippen LogP contribution in [0.3, 0.4) is 0 Å². The SMILES string of the molecule is CC1CCCC(NC(=O)C(C)n2ccnc2-c2ccccc2)C1. The molecule has 0 spiro atoms. The second-order valence-electron chi connectivity index (χ2n) is 6.68. The lowest BCUT2D eigenvalue weighted by atomic mass is 9.87. The van der Waals surface area contributed by atoms with Gasteiger partial charge in [-0.25, -0.2) is 4.98 Å². The summed E-state index contributed by atoms with van der Waals surface area (Å²) in [5.41, 5.74) is 1.03. The van der Waals surface area contributed by atoms with E-state index >= 15 is 0 Å². The van der Waals surface area contributed by atoms with Gasteiger partial charge in [0.1, 0.15) is 11.9 Å². The van der Waals surface area contributed by atoms with Crippen molar-refractivity contribution in [3.8, 4) is 11.4 Å². The number of benzene rings is 1. The van der Waals surface area contributed by atoms with Crippen LogP contribution in [0.1, 0.15) is 45.6 Å². The van der Waals surface area contributed by atoms with Gasteiger partial charge in [-0.1, -0.05) is 50.1 Å². The highest BCUT2D eigenvalue weighted by Crippen LogP contribution is 2.25. The number of amides is 1. The van der Waals surface area contributed by atoms with Crippen LogP contribution >= 0.6 is 0 Å². The first-order chi connectivity index (χ1) is 11.1. The summed E-state index contributed by atoms with van der Waals surface area (Å²) in [6, 6.07) is 10.1. The van der Waals surface area contributed by atoms with E-state index in [0.29, 0.717) is 12.0 Å². The van der Waals surface area contributed by atoms with Crippen LogP contribution in [-0.2, 0) is 4.79 Å². The van der Waals surface area contributed by atoms with E-state index in [9.17, 15) is 4.79 Å². The zero-order chi connectivity index (χ0) is 16.2. The Hall–Kier alpha value is -2.10. The monoisotopic (exact) mass is 311 g/mol. The first-order valence-electron chi connectivity index (χ1n) is 8.53. The molecule has 1 fully saturated rings. The van der Waals surface area contributed by atoms with Crippen molar-refractivity contribution in [2.75, 3.05) is 0 Å². The van der Waals surface area contributed by atoms with E-state index in [-0.39, 0.29) is 11.9 Å². The first kappa shape index (κ1) is 15.8. The maximum absolute atomic E-state index is 12.6. The summed E-state index contributed by atoms with van der Waals surface area (Å²) in [5.74, 6) is 1.63. The van der Waals surface area contributed by atoms with Gasteiger partial charge in [-0.15, -0.1) is 0 Å². The summed E-state index contributed by atoms with van der Waals surface area (Å²) in [7, 11) is 0. The highest BCUT2D eigenvalue weighted by molar-refractivity contribution is 5.81. The molecule has 4 heteroatoms. The number of imidazole rings is 1. The van der Waals surface area contributed by atoms with Crippen LogP contribution in [0.2, 0.25) is 0 Å². The number of hydrogen-bond acceptors (Lipinski definition) is 2.